The minimum Gasteiger partial charge on any atom is -0.280 e. The molecule has 0 atom stereocenters. The van der Waals surface area contributed by atoms with Gasteiger partial charge in [-0.3, -0.25) is 4.29 Å². The van der Waals surface area contributed by atoms with Gasteiger partial charge >= 0.3 is 105 Å². The molecule has 0 aromatic heterocycles. The van der Waals surface area contributed by atoms with Crippen LogP contribution in [0.3, 0.4) is 0 Å². The summed E-state index contributed by atoms with van der Waals surface area (Å²) in [5, 5.41) is 0. The molecule has 0 bridgehead atoms. The number of allylic oxidation sites excluding steroid dienone is 8. The van der Waals surface area contributed by atoms with Crippen molar-refractivity contribution in [2.24, 2.45) is 0 Å². The molecule has 2 rings (SSSR count). The molecular formula is C16H23ClOZr. The summed E-state index contributed by atoms with van der Waals surface area (Å²) in [6.45, 7) is 11.5. The van der Waals surface area contributed by atoms with Crippen molar-refractivity contribution in [1.82, 2.24) is 0 Å². The van der Waals surface area contributed by atoms with Gasteiger partial charge in [0.25, 0.3) is 0 Å². The molecule has 0 saturated carbocycles. The van der Waals surface area contributed by atoms with Crippen molar-refractivity contribution < 1.29 is 27.5 Å². The van der Waals surface area contributed by atoms with E-state index in [1.165, 1.54) is 24.0 Å². The molecule has 0 radical (unpaired) electrons. The summed E-state index contributed by atoms with van der Waals surface area (Å²) in [6.07, 6.45) is 7.30. The standard InChI is InChI=1S/2C7H9.C2H5ClO.Zr/c2*1-6-4-3-5-7(6)2;1-2-4-3;/h2*4H,3H2,1-2H3;2H2,1H3;. The van der Waals surface area contributed by atoms with Gasteiger partial charge in [-0.25, -0.2) is 0 Å². The molecule has 0 heterocycles. The molecule has 0 aromatic rings. The van der Waals surface area contributed by atoms with Crippen LogP contribution >= 0.6 is 11.9 Å². The number of hydrogen-bond donors (Lipinski definition) is 0. The van der Waals surface area contributed by atoms with Crippen LogP contribution in [0.4, 0.5) is 0 Å². The molecule has 0 unspecified atom stereocenters. The van der Waals surface area contributed by atoms with E-state index in [1.807, 2.05) is 6.92 Å². The van der Waals surface area contributed by atoms with Crippen LogP contribution in [0.1, 0.15) is 47.5 Å². The Labute approximate surface area is 134 Å². The second-order valence-corrected chi connectivity index (χ2v) is 8.71. The predicted molar refractivity (Wildman–Crippen MR) is 79.6 cm³/mol. The average molecular weight is 358 g/mol. The smallest absolute Gasteiger partial charge is 0.0654 e. The van der Waals surface area contributed by atoms with Crippen molar-refractivity contribution in [1.29, 1.82) is 0 Å². The fraction of sp³-hybridized carbons (Fsp3) is 0.500. The normalized spacial score (nSPS) is 18.2. The molecule has 0 saturated heterocycles. The number of hydrogen-bond acceptors (Lipinski definition) is 1. The number of rotatable bonds is 3. The third-order valence-corrected chi connectivity index (χ3v) is 8.27. The molecule has 0 spiro atoms. The molecular weight excluding hydrogens is 335 g/mol. The third kappa shape index (κ3) is 4.85. The van der Waals surface area contributed by atoms with Crippen LogP contribution in [0.25, 0.3) is 0 Å². The minimum atomic E-state index is -0.438. The van der Waals surface area contributed by atoms with Gasteiger partial charge in [0, 0.05) is 0 Å². The summed E-state index contributed by atoms with van der Waals surface area (Å²) in [6, 6.07) is 0. The monoisotopic (exact) mass is 356 g/mol. The molecule has 2 aliphatic rings. The van der Waals surface area contributed by atoms with Gasteiger partial charge in [-0.2, -0.15) is 0 Å². The molecule has 19 heavy (non-hydrogen) atoms. The van der Waals surface area contributed by atoms with Crippen molar-refractivity contribution in [3.05, 3.63) is 41.0 Å². The molecule has 3 heteroatoms. The summed E-state index contributed by atoms with van der Waals surface area (Å²) in [7, 11) is 0. The molecule has 2 aliphatic carbocycles. The Morgan fingerprint density at radius 3 is 1.58 bits per heavy atom. The fourth-order valence-electron chi connectivity index (χ4n) is 2.07. The van der Waals surface area contributed by atoms with Gasteiger partial charge < -0.3 is 0 Å². The minimum absolute atomic E-state index is 0.438. The molecule has 0 fully saturated rings. The Kier molecular flexibility index (Phi) is 7.58. The molecule has 0 aliphatic heterocycles. The first kappa shape index (κ1) is 17.1. The molecule has 0 N–H and O–H groups in total. The average Bonchev–Trinajstić information content (AvgIpc) is 2.89. The zero-order valence-electron chi connectivity index (χ0n) is 12.6. The van der Waals surface area contributed by atoms with Gasteiger partial charge in [-0.15, -0.1) is 0 Å². The first-order valence-electron chi connectivity index (χ1n) is 6.75. The van der Waals surface area contributed by atoms with E-state index >= 15 is 0 Å². The van der Waals surface area contributed by atoms with Gasteiger partial charge in [0.05, 0.1) is 18.5 Å². The van der Waals surface area contributed by atoms with E-state index < -0.39 is 23.2 Å². The van der Waals surface area contributed by atoms with Crippen molar-refractivity contribution in [3.8, 4) is 0 Å². The van der Waals surface area contributed by atoms with E-state index in [9.17, 15) is 0 Å². The van der Waals surface area contributed by atoms with Crippen molar-refractivity contribution >= 4 is 11.9 Å². The zero-order valence-corrected chi connectivity index (χ0v) is 15.8. The van der Waals surface area contributed by atoms with Crippen LogP contribution in [-0.4, -0.2) is 6.61 Å². The van der Waals surface area contributed by atoms with Crippen molar-refractivity contribution in [3.63, 3.8) is 0 Å². The van der Waals surface area contributed by atoms with E-state index in [1.54, 1.807) is 17.7 Å². The van der Waals surface area contributed by atoms with Crippen molar-refractivity contribution in [2.75, 3.05) is 6.61 Å². The van der Waals surface area contributed by atoms with E-state index in [4.69, 9.17) is 0 Å². The molecule has 0 amide bonds. The second-order valence-electron chi connectivity index (χ2n) is 4.91. The van der Waals surface area contributed by atoms with Gasteiger partial charge in [0.1, 0.15) is 0 Å². The van der Waals surface area contributed by atoms with E-state index in [0.717, 1.165) is 0 Å². The van der Waals surface area contributed by atoms with Crippen LogP contribution in [0, 0.1) is 0 Å². The van der Waals surface area contributed by atoms with E-state index in [0.29, 0.717) is 6.61 Å². The Morgan fingerprint density at radius 1 is 1.00 bits per heavy atom. The zero-order chi connectivity index (χ0) is 14.4. The predicted octanol–water partition coefficient (Wildman–Crippen LogP) is 5.49. The summed E-state index contributed by atoms with van der Waals surface area (Å²) in [5.41, 5.74) is 6.25. The largest absolute Gasteiger partial charge is 0.280 e. The Hall–Kier alpha value is 0.0931. The van der Waals surface area contributed by atoms with E-state index in [2.05, 4.69) is 56.0 Å². The van der Waals surface area contributed by atoms with Crippen molar-refractivity contribution in [2.45, 2.75) is 47.5 Å². The van der Waals surface area contributed by atoms with Gasteiger partial charge in [-0.1, -0.05) is 0 Å². The molecule has 104 valence electrons. The van der Waals surface area contributed by atoms with Gasteiger partial charge in [0.15, 0.2) is 0 Å². The Balaban J connectivity index is 0.000000399. The first-order valence-corrected chi connectivity index (χ1v) is 9.52. The Morgan fingerprint density at radius 2 is 1.37 bits per heavy atom. The van der Waals surface area contributed by atoms with Crippen LogP contribution in [0.15, 0.2) is 41.0 Å². The molecule has 1 nitrogen and oxygen atoms in total. The van der Waals surface area contributed by atoms with Crippen LogP contribution in [0.2, 0.25) is 0 Å². The quantitative estimate of drug-likeness (QED) is 0.648. The SMILES string of the molecule is CC1=CC[C]([Zr][C]2=C(C)C(C)=CC2)=C1C.CCOCl. The number of halogens is 1. The summed E-state index contributed by atoms with van der Waals surface area (Å²) >= 11 is 4.25. The van der Waals surface area contributed by atoms with E-state index in [-0.39, 0.29) is 0 Å². The first-order chi connectivity index (χ1) is 9.01. The van der Waals surface area contributed by atoms with Crippen LogP contribution in [-0.2, 0) is 27.5 Å². The summed E-state index contributed by atoms with van der Waals surface area (Å²) in [5.74, 6) is 0. The topological polar surface area (TPSA) is 9.23 Å². The Bertz CT molecular complexity index is 413. The summed E-state index contributed by atoms with van der Waals surface area (Å²) in [4.78, 5) is 0. The van der Waals surface area contributed by atoms with Gasteiger partial charge in [0.2, 0.25) is 0 Å². The van der Waals surface area contributed by atoms with Crippen LogP contribution in [0.5, 0.6) is 0 Å². The van der Waals surface area contributed by atoms with Gasteiger partial charge in [-0.05, 0) is 6.92 Å². The summed E-state index contributed by atoms with van der Waals surface area (Å²) < 4.78 is 7.61. The second kappa shape index (κ2) is 8.40. The maximum absolute atomic E-state index is 4.69. The maximum Gasteiger partial charge on any atom is 0.0654 e. The maximum atomic E-state index is 4.69. The fourth-order valence-corrected chi connectivity index (χ4v) is 5.86. The van der Waals surface area contributed by atoms with Crippen LogP contribution < -0.4 is 0 Å². The molecule has 0 aromatic carbocycles. The third-order valence-electron chi connectivity index (χ3n) is 3.72.